The van der Waals surface area contributed by atoms with Crippen LogP contribution in [0.4, 0.5) is 13.2 Å². The van der Waals surface area contributed by atoms with E-state index in [1.165, 1.54) is 15.4 Å². The second-order valence-corrected chi connectivity index (χ2v) is 8.70. The van der Waals surface area contributed by atoms with Crippen molar-refractivity contribution < 1.29 is 18.0 Å². The maximum atomic E-state index is 13.4. The molecule has 1 aliphatic rings. The van der Waals surface area contributed by atoms with Gasteiger partial charge >= 0.3 is 6.18 Å². The number of fused-ring (bicyclic) bond motifs is 1. The van der Waals surface area contributed by atoms with Crippen molar-refractivity contribution in [2.45, 2.75) is 46.2 Å². The van der Waals surface area contributed by atoms with Crippen LogP contribution in [0.25, 0.3) is 11.5 Å². The molecule has 0 radical (unpaired) electrons. The van der Waals surface area contributed by atoms with E-state index in [9.17, 15) is 22.8 Å². The predicted octanol–water partition coefficient (Wildman–Crippen LogP) is 3.59. The minimum absolute atomic E-state index is 0.169. The van der Waals surface area contributed by atoms with Gasteiger partial charge < -0.3 is 4.90 Å². The largest absolute Gasteiger partial charge is 0.389 e. The Morgan fingerprint density at radius 3 is 2.48 bits per heavy atom. The molecule has 33 heavy (non-hydrogen) atoms. The van der Waals surface area contributed by atoms with Crippen LogP contribution in [-0.4, -0.2) is 54.5 Å². The van der Waals surface area contributed by atoms with E-state index >= 15 is 0 Å². The first-order chi connectivity index (χ1) is 15.6. The average molecular weight is 464 g/mol. The molecule has 0 aromatic carbocycles. The minimum atomic E-state index is -4.22. The van der Waals surface area contributed by atoms with Crippen molar-refractivity contribution in [1.82, 2.24) is 29.3 Å². The van der Waals surface area contributed by atoms with Crippen LogP contribution >= 0.6 is 0 Å². The van der Waals surface area contributed by atoms with E-state index in [0.29, 0.717) is 29.6 Å². The number of halogens is 3. The molecule has 0 bridgehead atoms. The molecule has 1 saturated heterocycles. The summed E-state index contributed by atoms with van der Waals surface area (Å²) in [4.78, 5) is 30.0. The number of nitrogens with zero attached hydrogens (tertiary/aromatic N) is 5. The fourth-order valence-electron chi connectivity index (χ4n) is 4.96. The normalized spacial score (nSPS) is 21.6. The summed E-state index contributed by atoms with van der Waals surface area (Å²) < 4.78 is 42.4. The average Bonchev–Trinajstić information content (AvgIpc) is 3.39. The lowest BCUT2D eigenvalue weighted by Crippen LogP contribution is -2.49. The van der Waals surface area contributed by atoms with Gasteiger partial charge in [0.2, 0.25) is 5.95 Å². The summed E-state index contributed by atoms with van der Waals surface area (Å²) >= 11 is 0. The lowest BCUT2D eigenvalue weighted by molar-refractivity contribution is -0.158. The molecule has 1 fully saturated rings. The fourth-order valence-corrected chi connectivity index (χ4v) is 4.96. The Balaban J connectivity index is 1.61. The number of carbonyl (C=O) groups excluding carboxylic acids is 1. The quantitative estimate of drug-likeness (QED) is 0.625. The molecule has 3 atom stereocenters. The van der Waals surface area contributed by atoms with Gasteiger partial charge in [0.1, 0.15) is 5.52 Å². The van der Waals surface area contributed by atoms with E-state index in [0.717, 1.165) is 0 Å². The number of likely N-dealkylation sites (tertiary alicyclic amines) is 1. The number of H-pyrrole nitrogens is 1. The highest BCUT2D eigenvalue weighted by atomic mass is 19.4. The van der Waals surface area contributed by atoms with Crippen LogP contribution in [0.3, 0.4) is 0 Å². The second kappa shape index (κ2) is 8.68. The predicted molar refractivity (Wildman–Crippen MR) is 115 cm³/mol. The maximum Gasteiger partial charge on any atom is 0.389 e. The number of carbonyl (C=O) groups is 1. The smallest absolute Gasteiger partial charge is 0.338 e. The first kappa shape index (κ1) is 23.1. The van der Waals surface area contributed by atoms with Crippen molar-refractivity contribution in [1.29, 1.82) is 0 Å². The van der Waals surface area contributed by atoms with Gasteiger partial charge in [-0.2, -0.15) is 18.3 Å². The molecule has 0 spiro atoms. The minimum Gasteiger partial charge on any atom is -0.338 e. The van der Waals surface area contributed by atoms with Gasteiger partial charge in [0.25, 0.3) is 11.5 Å². The van der Waals surface area contributed by atoms with Crippen LogP contribution in [0.2, 0.25) is 0 Å². The summed E-state index contributed by atoms with van der Waals surface area (Å²) in [6.07, 6.45) is -0.840. The number of amides is 1. The van der Waals surface area contributed by atoms with E-state index in [-0.39, 0.29) is 42.3 Å². The summed E-state index contributed by atoms with van der Waals surface area (Å²) in [5.74, 6) is -1.04. The molecule has 0 aliphatic carbocycles. The first-order valence-corrected chi connectivity index (χ1v) is 11.1. The van der Waals surface area contributed by atoms with Crippen LogP contribution in [0, 0.1) is 24.7 Å². The maximum absolute atomic E-state index is 13.4. The fraction of sp³-hybridized carbons (Fsp3) is 0.545. The van der Waals surface area contributed by atoms with Gasteiger partial charge in [0.05, 0.1) is 17.5 Å². The lowest BCUT2D eigenvalue weighted by Gasteiger charge is -2.44. The van der Waals surface area contributed by atoms with Gasteiger partial charge in [0.15, 0.2) is 0 Å². The first-order valence-electron chi connectivity index (χ1n) is 11.1. The van der Waals surface area contributed by atoms with Crippen LogP contribution in [0.15, 0.2) is 29.3 Å². The summed E-state index contributed by atoms with van der Waals surface area (Å²) in [6, 6.07) is 3.33. The zero-order valence-corrected chi connectivity index (χ0v) is 18.8. The number of aromatic amines is 1. The SMILES string of the molecule is CC[C@@H]1CN(C(=O)c2cnn(-c3nn4cccc4c(=O)[nH]3)c2C)C[C@H](CC)[C@@H]1CC(F)(F)F. The summed E-state index contributed by atoms with van der Waals surface area (Å²) in [5.41, 5.74) is 0.881. The zero-order valence-electron chi connectivity index (χ0n) is 18.8. The van der Waals surface area contributed by atoms with Gasteiger partial charge in [-0.1, -0.05) is 26.7 Å². The lowest BCUT2D eigenvalue weighted by atomic mass is 9.73. The third kappa shape index (κ3) is 4.40. The molecule has 178 valence electrons. The number of hydrogen-bond donors (Lipinski definition) is 1. The standard InChI is InChI=1S/C22H27F3N6O2/c1-4-14-11-29(12-15(5-2)16(14)9-22(23,24)25)20(33)17-10-26-31(13(17)3)21-27-19(32)18-7-6-8-30(18)28-21/h6-8,10,14-16H,4-5,9,11-12H2,1-3H3,(H,27,28,32)/t14-,15+,16-. The second-order valence-electron chi connectivity index (χ2n) is 8.70. The molecule has 4 heterocycles. The molecule has 4 rings (SSSR count). The van der Waals surface area contributed by atoms with Gasteiger partial charge in [-0.15, -0.1) is 5.10 Å². The van der Waals surface area contributed by atoms with E-state index in [1.54, 1.807) is 30.2 Å². The third-order valence-corrected chi connectivity index (χ3v) is 6.75. The summed E-state index contributed by atoms with van der Waals surface area (Å²) in [6.45, 7) is 6.00. The highest BCUT2D eigenvalue weighted by molar-refractivity contribution is 5.95. The number of rotatable bonds is 5. The number of piperidine rings is 1. The molecule has 1 amide bonds. The number of alkyl halides is 3. The molecular formula is C22H27F3N6O2. The van der Waals surface area contributed by atoms with Gasteiger partial charge in [-0.05, 0) is 36.8 Å². The van der Waals surface area contributed by atoms with Crippen LogP contribution in [0.1, 0.15) is 49.2 Å². The molecule has 0 unspecified atom stereocenters. The third-order valence-electron chi connectivity index (χ3n) is 6.75. The molecule has 3 aromatic heterocycles. The Morgan fingerprint density at radius 1 is 1.21 bits per heavy atom. The number of hydrogen-bond acceptors (Lipinski definition) is 4. The van der Waals surface area contributed by atoms with E-state index in [1.807, 2.05) is 13.8 Å². The van der Waals surface area contributed by atoms with Gasteiger partial charge in [0, 0.05) is 25.7 Å². The van der Waals surface area contributed by atoms with Crippen molar-refractivity contribution >= 4 is 11.4 Å². The summed E-state index contributed by atoms with van der Waals surface area (Å²) in [5, 5.41) is 8.59. The molecular weight excluding hydrogens is 437 g/mol. The zero-order chi connectivity index (χ0) is 23.9. The van der Waals surface area contributed by atoms with Gasteiger partial charge in [-0.25, -0.2) is 9.20 Å². The van der Waals surface area contributed by atoms with Crippen molar-refractivity contribution in [2.75, 3.05) is 13.1 Å². The van der Waals surface area contributed by atoms with E-state index in [4.69, 9.17) is 0 Å². The monoisotopic (exact) mass is 464 g/mol. The molecule has 3 aromatic rings. The van der Waals surface area contributed by atoms with Crippen molar-refractivity contribution in [2.24, 2.45) is 17.8 Å². The molecule has 11 heteroatoms. The van der Waals surface area contributed by atoms with Gasteiger partial charge in [-0.3, -0.25) is 14.6 Å². The molecule has 8 nitrogen and oxygen atoms in total. The van der Waals surface area contributed by atoms with E-state index < -0.39 is 18.5 Å². The summed E-state index contributed by atoms with van der Waals surface area (Å²) in [7, 11) is 0. The van der Waals surface area contributed by atoms with Crippen molar-refractivity contribution in [3.8, 4) is 5.95 Å². The Kier molecular flexibility index (Phi) is 6.06. The van der Waals surface area contributed by atoms with Crippen molar-refractivity contribution in [3.05, 3.63) is 46.1 Å². The molecule has 1 aliphatic heterocycles. The highest BCUT2D eigenvalue weighted by Crippen LogP contribution is 2.40. The van der Waals surface area contributed by atoms with Crippen LogP contribution in [-0.2, 0) is 0 Å². The molecule has 1 N–H and O–H groups in total. The van der Waals surface area contributed by atoms with Crippen molar-refractivity contribution in [3.63, 3.8) is 0 Å². The Morgan fingerprint density at radius 2 is 1.88 bits per heavy atom. The Bertz CT molecular complexity index is 1200. The van der Waals surface area contributed by atoms with E-state index in [2.05, 4.69) is 15.2 Å². The topological polar surface area (TPSA) is 88.3 Å². The number of nitrogens with one attached hydrogen (secondary N) is 1. The number of aromatic nitrogens is 5. The Labute approximate surface area is 188 Å². The van der Waals surface area contributed by atoms with Crippen LogP contribution in [0.5, 0.6) is 0 Å². The Hall–Kier alpha value is -3.11. The highest BCUT2D eigenvalue weighted by Gasteiger charge is 2.43. The molecule has 0 saturated carbocycles. The van der Waals surface area contributed by atoms with Crippen LogP contribution < -0.4 is 5.56 Å².